The predicted molar refractivity (Wildman–Crippen MR) is 149 cm³/mol. The van der Waals surface area contributed by atoms with Crippen LogP contribution in [-0.2, 0) is 29.2 Å². The van der Waals surface area contributed by atoms with Crippen LogP contribution in [0.3, 0.4) is 0 Å². The maximum absolute atomic E-state index is 13.3. The lowest BCUT2D eigenvalue weighted by Crippen LogP contribution is -2.42. The minimum atomic E-state index is -0.305. The number of piperidine rings is 1. The zero-order valence-electron chi connectivity index (χ0n) is 23.7. The summed E-state index contributed by atoms with van der Waals surface area (Å²) in [4.78, 5) is 29.4. The summed E-state index contributed by atoms with van der Waals surface area (Å²) in [6.45, 7) is 4.90. The Hall–Kier alpha value is -4.18. The van der Waals surface area contributed by atoms with Crippen LogP contribution in [0.5, 0.6) is 23.0 Å². The van der Waals surface area contributed by atoms with Crippen molar-refractivity contribution >= 4 is 11.9 Å². The summed E-state index contributed by atoms with van der Waals surface area (Å²) in [7, 11) is 3.23. The first-order valence-corrected chi connectivity index (χ1v) is 13.8. The van der Waals surface area contributed by atoms with Gasteiger partial charge in [-0.3, -0.25) is 14.5 Å². The topological polar surface area (TPSA) is 99.9 Å². The fourth-order valence-electron chi connectivity index (χ4n) is 5.27. The summed E-state index contributed by atoms with van der Waals surface area (Å²) >= 11 is 0. The molecule has 1 amide bonds. The molecule has 2 aliphatic heterocycles. The second-order valence-corrected chi connectivity index (χ2v) is 10.1. The first kappa shape index (κ1) is 28.4. The van der Waals surface area contributed by atoms with Gasteiger partial charge in [-0.25, -0.2) is 0 Å². The van der Waals surface area contributed by atoms with Gasteiger partial charge in [-0.15, -0.1) is 0 Å². The maximum atomic E-state index is 13.3. The molecule has 1 saturated heterocycles. The maximum Gasteiger partial charge on any atom is 0.310 e. The Morgan fingerprint density at radius 1 is 0.927 bits per heavy atom. The average molecular weight is 565 g/mol. The molecular formula is C31H36N2O8. The number of methoxy groups -OCH3 is 2. The number of carbonyl (C=O) groups is 2. The van der Waals surface area contributed by atoms with E-state index in [1.807, 2.05) is 42.5 Å². The number of furan rings is 1. The van der Waals surface area contributed by atoms with E-state index in [1.54, 1.807) is 32.1 Å². The molecule has 0 bridgehead atoms. The molecule has 10 nitrogen and oxygen atoms in total. The highest BCUT2D eigenvalue weighted by atomic mass is 16.7. The molecule has 10 heteroatoms. The van der Waals surface area contributed by atoms with E-state index < -0.39 is 0 Å². The third-order valence-corrected chi connectivity index (χ3v) is 7.28. The van der Waals surface area contributed by atoms with Crippen LogP contribution in [0.1, 0.15) is 47.2 Å². The number of amides is 1. The van der Waals surface area contributed by atoms with Crippen molar-refractivity contribution in [3.63, 3.8) is 0 Å². The zero-order valence-corrected chi connectivity index (χ0v) is 23.7. The van der Waals surface area contributed by atoms with Gasteiger partial charge in [0.05, 0.1) is 33.3 Å². The molecule has 0 aliphatic carbocycles. The molecule has 0 N–H and O–H groups in total. The highest BCUT2D eigenvalue weighted by Crippen LogP contribution is 2.34. The van der Waals surface area contributed by atoms with E-state index in [2.05, 4.69) is 4.90 Å². The molecule has 0 radical (unpaired) electrons. The van der Waals surface area contributed by atoms with Crippen LogP contribution in [0.25, 0.3) is 0 Å². The zero-order chi connectivity index (χ0) is 28.8. The van der Waals surface area contributed by atoms with E-state index in [0.29, 0.717) is 56.6 Å². The first-order valence-electron chi connectivity index (χ1n) is 13.8. The molecule has 1 unspecified atom stereocenters. The Labute approximate surface area is 239 Å². The molecule has 1 aromatic heterocycles. The van der Waals surface area contributed by atoms with Crippen LogP contribution in [0.15, 0.2) is 52.9 Å². The van der Waals surface area contributed by atoms with Crippen molar-refractivity contribution in [3.8, 4) is 23.0 Å². The van der Waals surface area contributed by atoms with Crippen LogP contribution in [0.2, 0.25) is 0 Å². The Bertz CT molecular complexity index is 1370. The number of likely N-dealkylation sites (tertiary alicyclic amines) is 1. The van der Waals surface area contributed by atoms with Gasteiger partial charge in [-0.05, 0) is 67.3 Å². The van der Waals surface area contributed by atoms with Crippen LogP contribution in [0, 0.1) is 5.92 Å². The molecule has 2 aromatic carbocycles. The fourth-order valence-corrected chi connectivity index (χ4v) is 5.27. The van der Waals surface area contributed by atoms with Crippen molar-refractivity contribution < 1.29 is 37.7 Å². The second kappa shape index (κ2) is 13.0. The molecule has 2 aliphatic rings. The van der Waals surface area contributed by atoms with Crippen LogP contribution < -0.4 is 18.9 Å². The van der Waals surface area contributed by atoms with Crippen LogP contribution >= 0.6 is 0 Å². The van der Waals surface area contributed by atoms with Gasteiger partial charge in [-0.2, -0.15) is 0 Å². The average Bonchev–Trinajstić information content (AvgIpc) is 3.66. The van der Waals surface area contributed by atoms with E-state index in [-0.39, 0.29) is 30.3 Å². The second-order valence-electron chi connectivity index (χ2n) is 10.1. The van der Waals surface area contributed by atoms with Gasteiger partial charge in [0, 0.05) is 26.2 Å². The number of rotatable bonds is 11. The van der Waals surface area contributed by atoms with Crippen LogP contribution in [-0.4, -0.2) is 62.4 Å². The van der Waals surface area contributed by atoms with Crippen molar-refractivity contribution in [2.45, 2.75) is 39.4 Å². The molecule has 41 heavy (non-hydrogen) atoms. The Morgan fingerprint density at radius 3 is 2.46 bits per heavy atom. The van der Waals surface area contributed by atoms with Gasteiger partial charge in [0.2, 0.25) is 6.79 Å². The van der Waals surface area contributed by atoms with E-state index in [4.69, 9.17) is 28.1 Å². The van der Waals surface area contributed by atoms with Crippen molar-refractivity contribution in [3.05, 3.63) is 71.2 Å². The molecule has 218 valence electrons. The fraction of sp³-hybridized carbons (Fsp3) is 0.419. The molecule has 0 saturated carbocycles. The number of hydrogen-bond acceptors (Lipinski definition) is 9. The highest BCUT2D eigenvalue weighted by Gasteiger charge is 2.31. The first-order chi connectivity index (χ1) is 20.0. The number of esters is 1. The molecule has 3 aromatic rings. The third kappa shape index (κ3) is 6.77. The minimum Gasteiger partial charge on any atom is -0.493 e. The summed E-state index contributed by atoms with van der Waals surface area (Å²) in [6, 6.07) is 15.3. The molecule has 5 rings (SSSR count). The SMILES string of the molecule is CCOC(=O)C1CCCN(C(=O)c2ccc(CN(Cc3ccc(OC)c(OC)c3)Cc3ccc4c(c3)OCO4)o2)C1. The largest absolute Gasteiger partial charge is 0.493 e. The molecule has 0 spiro atoms. The number of carbonyl (C=O) groups excluding carboxylic acids is 2. The van der Waals surface area contributed by atoms with E-state index in [1.165, 1.54) is 0 Å². The summed E-state index contributed by atoms with van der Waals surface area (Å²) in [6.07, 6.45) is 1.47. The molecular weight excluding hydrogens is 528 g/mol. The number of fused-ring (bicyclic) bond motifs is 1. The van der Waals surface area contributed by atoms with Crippen LogP contribution in [0.4, 0.5) is 0 Å². The lowest BCUT2D eigenvalue weighted by molar-refractivity contribution is -0.149. The van der Waals surface area contributed by atoms with Gasteiger partial charge in [0.15, 0.2) is 28.8 Å². The van der Waals surface area contributed by atoms with Crippen molar-refractivity contribution in [2.75, 3.05) is 40.7 Å². The molecule has 3 heterocycles. The Morgan fingerprint density at radius 2 is 1.68 bits per heavy atom. The Kier molecular flexibility index (Phi) is 8.98. The van der Waals surface area contributed by atoms with Crippen molar-refractivity contribution in [1.82, 2.24) is 9.80 Å². The molecule has 1 atom stereocenters. The normalized spacial score (nSPS) is 16.1. The van der Waals surface area contributed by atoms with Gasteiger partial charge in [-0.1, -0.05) is 12.1 Å². The predicted octanol–water partition coefficient (Wildman–Crippen LogP) is 4.64. The number of ether oxygens (including phenoxy) is 5. The smallest absolute Gasteiger partial charge is 0.310 e. The van der Waals surface area contributed by atoms with Gasteiger partial charge in [0.1, 0.15) is 5.76 Å². The van der Waals surface area contributed by atoms with Crippen molar-refractivity contribution in [1.29, 1.82) is 0 Å². The quantitative estimate of drug-likeness (QED) is 0.308. The number of nitrogens with zero attached hydrogens (tertiary/aromatic N) is 2. The van der Waals surface area contributed by atoms with Gasteiger partial charge >= 0.3 is 5.97 Å². The minimum absolute atomic E-state index is 0.215. The third-order valence-electron chi connectivity index (χ3n) is 7.28. The summed E-state index contributed by atoms with van der Waals surface area (Å²) < 4.78 is 33.2. The summed E-state index contributed by atoms with van der Waals surface area (Å²) in [5, 5.41) is 0. The standard InChI is InChI=1S/C31H36N2O8/c1-4-38-31(35)23-6-5-13-33(18-23)30(34)27-12-9-24(41-27)19-32(16-21-7-10-25(36-2)28(14-21)37-3)17-22-8-11-26-29(15-22)40-20-39-26/h7-12,14-15,23H,4-6,13,16-20H2,1-3H3. The Balaban J connectivity index is 1.32. The van der Waals surface area contributed by atoms with Gasteiger partial charge in [0.25, 0.3) is 5.91 Å². The summed E-state index contributed by atoms with van der Waals surface area (Å²) in [5.41, 5.74) is 2.08. The van der Waals surface area contributed by atoms with E-state index in [9.17, 15) is 9.59 Å². The van der Waals surface area contributed by atoms with E-state index in [0.717, 1.165) is 35.5 Å². The van der Waals surface area contributed by atoms with E-state index >= 15 is 0 Å². The lowest BCUT2D eigenvalue weighted by atomic mass is 9.98. The van der Waals surface area contributed by atoms with Gasteiger partial charge < -0.3 is 33.0 Å². The monoisotopic (exact) mass is 564 g/mol. The molecule has 1 fully saturated rings. The number of hydrogen-bond donors (Lipinski definition) is 0. The lowest BCUT2D eigenvalue weighted by Gasteiger charge is -2.30. The highest BCUT2D eigenvalue weighted by molar-refractivity contribution is 5.92. The van der Waals surface area contributed by atoms with Crippen molar-refractivity contribution in [2.24, 2.45) is 5.92 Å². The summed E-state index contributed by atoms with van der Waals surface area (Å²) in [5.74, 6) is 2.93. The number of benzene rings is 2.